The average molecular weight is 291 g/mol. The summed E-state index contributed by atoms with van der Waals surface area (Å²) in [6.07, 6.45) is 5.13. The molecule has 96 valence electrons. The lowest BCUT2D eigenvalue weighted by Gasteiger charge is -2.40. The van der Waals surface area contributed by atoms with Crippen LogP contribution in [0, 0.1) is 17.8 Å². The Kier molecular flexibility index (Phi) is 5.79. The minimum absolute atomic E-state index is 0.135. The van der Waals surface area contributed by atoms with Crippen molar-refractivity contribution in [1.82, 2.24) is 0 Å². The molecule has 0 heterocycles. The number of ether oxygens (including phenoxy) is 1. The Labute approximate surface area is 109 Å². The fourth-order valence-electron chi connectivity index (χ4n) is 2.49. The van der Waals surface area contributed by atoms with Gasteiger partial charge in [0, 0.05) is 11.9 Å². The second kappa shape index (κ2) is 6.39. The lowest BCUT2D eigenvalue weighted by Crippen LogP contribution is -2.40. The maximum absolute atomic E-state index is 6.16. The van der Waals surface area contributed by atoms with E-state index in [0.717, 1.165) is 23.8 Å². The van der Waals surface area contributed by atoms with Gasteiger partial charge in [-0.05, 0) is 43.4 Å². The summed E-state index contributed by atoms with van der Waals surface area (Å²) in [5.74, 6) is 2.38. The van der Waals surface area contributed by atoms with Gasteiger partial charge in [0.25, 0.3) is 0 Å². The van der Waals surface area contributed by atoms with E-state index in [-0.39, 0.29) is 5.60 Å². The van der Waals surface area contributed by atoms with Crippen LogP contribution in [0.3, 0.4) is 0 Å². The molecule has 0 aromatic heterocycles. The van der Waals surface area contributed by atoms with Gasteiger partial charge in [-0.15, -0.1) is 0 Å². The van der Waals surface area contributed by atoms with E-state index in [1.165, 1.54) is 25.7 Å². The number of halogens is 1. The van der Waals surface area contributed by atoms with Gasteiger partial charge in [0.05, 0.1) is 5.60 Å². The van der Waals surface area contributed by atoms with Crippen LogP contribution in [0.5, 0.6) is 0 Å². The smallest absolute Gasteiger partial charge is 0.0779 e. The number of rotatable bonds is 5. The SMILES string of the molecule is CC(C)COC1(CBr)CCC(C(C)C)CC1. The van der Waals surface area contributed by atoms with Gasteiger partial charge in [-0.2, -0.15) is 0 Å². The highest BCUT2D eigenvalue weighted by Crippen LogP contribution is 2.39. The van der Waals surface area contributed by atoms with E-state index in [1.807, 2.05) is 0 Å². The molecule has 1 saturated carbocycles. The molecule has 0 atom stereocenters. The molecule has 1 aliphatic carbocycles. The molecule has 0 N–H and O–H groups in total. The molecule has 1 fully saturated rings. The third-order valence-electron chi connectivity index (χ3n) is 3.85. The van der Waals surface area contributed by atoms with E-state index in [4.69, 9.17) is 4.74 Å². The molecule has 16 heavy (non-hydrogen) atoms. The first-order valence-corrected chi connectivity index (χ1v) is 7.81. The van der Waals surface area contributed by atoms with Gasteiger partial charge in [0.2, 0.25) is 0 Å². The highest BCUT2D eigenvalue weighted by Gasteiger charge is 2.36. The maximum Gasteiger partial charge on any atom is 0.0779 e. The van der Waals surface area contributed by atoms with Crippen molar-refractivity contribution in [3.63, 3.8) is 0 Å². The highest BCUT2D eigenvalue weighted by molar-refractivity contribution is 9.09. The van der Waals surface area contributed by atoms with Gasteiger partial charge in [-0.3, -0.25) is 0 Å². The summed E-state index contributed by atoms with van der Waals surface area (Å²) in [5, 5.41) is 0.998. The topological polar surface area (TPSA) is 9.23 Å². The summed E-state index contributed by atoms with van der Waals surface area (Å²) in [5.41, 5.74) is 0.135. The first-order chi connectivity index (χ1) is 7.49. The monoisotopic (exact) mass is 290 g/mol. The Morgan fingerprint density at radius 2 is 1.75 bits per heavy atom. The van der Waals surface area contributed by atoms with Crippen molar-refractivity contribution < 1.29 is 4.74 Å². The molecule has 1 nitrogen and oxygen atoms in total. The molecule has 0 radical (unpaired) electrons. The van der Waals surface area contributed by atoms with Crippen LogP contribution in [0.2, 0.25) is 0 Å². The molecule has 1 rings (SSSR count). The van der Waals surface area contributed by atoms with Crippen LogP contribution < -0.4 is 0 Å². The molecule has 2 heteroatoms. The van der Waals surface area contributed by atoms with Crippen molar-refractivity contribution in [2.75, 3.05) is 11.9 Å². The summed E-state index contributed by atoms with van der Waals surface area (Å²) in [4.78, 5) is 0. The number of hydrogen-bond donors (Lipinski definition) is 0. The predicted octanol–water partition coefficient (Wildman–Crippen LogP) is 4.64. The van der Waals surface area contributed by atoms with Crippen LogP contribution in [0.15, 0.2) is 0 Å². The quantitative estimate of drug-likeness (QED) is 0.671. The summed E-state index contributed by atoms with van der Waals surface area (Å²) < 4.78 is 6.16. The van der Waals surface area contributed by atoms with Crippen molar-refractivity contribution in [3.05, 3.63) is 0 Å². The van der Waals surface area contributed by atoms with Crippen LogP contribution in [-0.2, 0) is 4.74 Å². The highest BCUT2D eigenvalue weighted by atomic mass is 79.9. The largest absolute Gasteiger partial charge is 0.374 e. The van der Waals surface area contributed by atoms with Crippen molar-refractivity contribution in [1.29, 1.82) is 0 Å². The summed E-state index contributed by atoms with van der Waals surface area (Å²) in [6.45, 7) is 10.0. The van der Waals surface area contributed by atoms with Crippen molar-refractivity contribution >= 4 is 15.9 Å². The van der Waals surface area contributed by atoms with E-state index < -0.39 is 0 Å². The van der Waals surface area contributed by atoms with E-state index >= 15 is 0 Å². The Morgan fingerprint density at radius 1 is 1.19 bits per heavy atom. The van der Waals surface area contributed by atoms with Crippen LogP contribution in [0.1, 0.15) is 53.4 Å². The third kappa shape index (κ3) is 4.03. The van der Waals surface area contributed by atoms with Gasteiger partial charge in [-0.1, -0.05) is 43.6 Å². The molecular formula is C14H27BrO. The minimum Gasteiger partial charge on any atom is -0.374 e. The van der Waals surface area contributed by atoms with E-state index in [1.54, 1.807) is 0 Å². The van der Waals surface area contributed by atoms with Gasteiger partial charge in [-0.25, -0.2) is 0 Å². The molecule has 0 unspecified atom stereocenters. The minimum atomic E-state index is 0.135. The fourth-order valence-corrected chi connectivity index (χ4v) is 3.22. The van der Waals surface area contributed by atoms with Crippen molar-refractivity contribution in [3.8, 4) is 0 Å². The van der Waals surface area contributed by atoms with Crippen LogP contribution in [-0.4, -0.2) is 17.5 Å². The van der Waals surface area contributed by atoms with E-state index in [0.29, 0.717) is 5.92 Å². The van der Waals surface area contributed by atoms with Crippen LogP contribution >= 0.6 is 15.9 Å². The first kappa shape index (κ1) is 14.5. The predicted molar refractivity (Wildman–Crippen MR) is 74.1 cm³/mol. The summed E-state index contributed by atoms with van der Waals surface area (Å²) >= 11 is 3.65. The van der Waals surface area contributed by atoms with Crippen LogP contribution in [0.25, 0.3) is 0 Å². The van der Waals surface area contributed by atoms with Gasteiger partial charge in [0.15, 0.2) is 0 Å². The van der Waals surface area contributed by atoms with Crippen molar-refractivity contribution in [2.24, 2.45) is 17.8 Å². The standard InChI is InChI=1S/C14H27BrO/c1-11(2)9-16-14(10-15)7-5-13(6-8-14)12(3)4/h11-13H,5-10H2,1-4H3. The molecule has 0 bridgehead atoms. The molecule has 0 spiro atoms. The molecule has 1 aliphatic rings. The molecule has 0 aliphatic heterocycles. The lowest BCUT2D eigenvalue weighted by atomic mass is 9.75. The normalized spacial score (nSPS) is 31.3. The Hall–Kier alpha value is 0.440. The maximum atomic E-state index is 6.16. The first-order valence-electron chi connectivity index (χ1n) is 6.69. The zero-order valence-corrected chi connectivity index (χ0v) is 12.8. The zero-order valence-electron chi connectivity index (χ0n) is 11.3. The fraction of sp³-hybridized carbons (Fsp3) is 1.00. The van der Waals surface area contributed by atoms with Crippen molar-refractivity contribution in [2.45, 2.75) is 59.0 Å². The summed E-state index contributed by atoms with van der Waals surface area (Å²) in [7, 11) is 0. The third-order valence-corrected chi connectivity index (χ3v) is 4.87. The molecular weight excluding hydrogens is 264 g/mol. The molecule has 0 aromatic carbocycles. The summed E-state index contributed by atoms with van der Waals surface area (Å²) in [6, 6.07) is 0. The number of alkyl halides is 1. The lowest BCUT2D eigenvalue weighted by molar-refractivity contribution is -0.0729. The molecule has 0 amide bonds. The second-order valence-corrected chi connectivity index (χ2v) is 6.66. The van der Waals surface area contributed by atoms with Gasteiger partial charge >= 0.3 is 0 Å². The Morgan fingerprint density at radius 3 is 2.12 bits per heavy atom. The Balaban J connectivity index is 2.45. The average Bonchev–Trinajstić information content (AvgIpc) is 2.27. The van der Waals surface area contributed by atoms with E-state index in [9.17, 15) is 0 Å². The second-order valence-electron chi connectivity index (χ2n) is 6.10. The Bertz CT molecular complexity index is 193. The van der Waals surface area contributed by atoms with Gasteiger partial charge in [0.1, 0.15) is 0 Å². The molecule has 0 saturated heterocycles. The number of hydrogen-bond acceptors (Lipinski definition) is 1. The zero-order chi connectivity index (χ0) is 12.2. The van der Waals surface area contributed by atoms with E-state index in [2.05, 4.69) is 43.6 Å². The molecule has 0 aromatic rings. The van der Waals surface area contributed by atoms with Gasteiger partial charge < -0.3 is 4.74 Å². The van der Waals surface area contributed by atoms with Crippen LogP contribution in [0.4, 0.5) is 0 Å².